The Hall–Kier alpha value is -1.62. The quantitative estimate of drug-likeness (QED) is 0.793. The number of imidazole rings is 1. The maximum Gasteiger partial charge on any atom is 0.252 e. The van der Waals surface area contributed by atoms with Gasteiger partial charge in [-0.25, -0.2) is 9.37 Å². The molecule has 0 bridgehead atoms. The number of benzene rings is 1. The van der Waals surface area contributed by atoms with Crippen LogP contribution >= 0.6 is 0 Å². The monoisotopic (exact) mass is 291 g/mol. The maximum absolute atomic E-state index is 13.7. The summed E-state index contributed by atoms with van der Waals surface area (Å²) in [4.78, 5) is 4.23. The fraction of sp³-hybridized carbons (Fsp3) is 0.400. The molecule has 2 aromatic rings. The molecular weight excluding hydrogens is 271 g/mol. The van der Waals surface area contributed by atoms with Gasteiger partial charge in [0.2, 0.25) is 5.88 Å². The van der Waals surface area contributed by atoms with E-state index in [0.29, 0.717) is 11.6 Å². The predicted octanol–water partition coefficient (Wildman–Crippen LogP) is 4.20. The Balaban J connectivity index is 2.25. The van der Waals surface area contributed by atoms with Crippen molar-refractivity contribution in [2.75, 3.05) is 0 Å². The van der Waals surface area contributed by atoms with E-state index in [2.05, 4.69) is 44.9 Å². The van der Waals surface area contributed by atoms with Gasteiger partial charge in [0.1, 0.15) is 12.1 Å². The van der Waals surface area contributed by atoms with Crippen molar-refractivity contribution in [1.82, 2.24) is 9.55 Å². The normalized spacial score (nSPS) is 12.5. The molecule has 1 aromatic heterocycles. The van der Waals surface area contributed by atoms with Crippen LogP contribution in [0.1, 0.15) is 20.8 Å². The Bertz CT molecular complexity index is 602. The smallest absolute Gasteiger partial charge is 0.252 e. The molecule has 0 unspecified atom stereocenters. The molecule has 0 N–H and O–H groups in total. The third kappa shape index (κ3) is 2.93. The molecule has 0 spiro atoms. The van der Waals surface area contributed by atoms with E-state index in [1.807, 2.05) is 0 Å². The third-order valence-electron chi connectivity index (χ3n) is 3.80. The standard InChI is InChI=1S/C15H20FN2OSi/c1-15(2,3)20(4,5)19-14-10-18(11-17-14)13-9-7-6-8-12(13)16/h7-11H,1-5H3. The Labute approximate surface area is 120 Å². The summed E-state index contributed by atoms with van der Waals surface area (Å²) in [6, 6.07) is 7.35. The van der Waals surface area contributed by atoms with Gasteiger partial charge in [0, 0.05) is 0 Å². The Morgan fingerprint density at radius 1 is 1.35 bits per heavy atom. The Kier molecular flexibility index (Phi) is 3.73. The first-order valence-corrected chi connectivity index (χ1v) is 9.50. The zero-order chi connectivity index (χ0) is 15.0. The van der Waals surface area contributed by atoms with Crippen LogP contribution in [0.2, 0.25) is 18.1 Å². The largest absolute Gasteiger partial charge is 0.530 e. The van der Waals surface area contributed by atoms with E-state index in [4.69, 9.17) is 4.43 Å². The van der Waals surface area contributed by atoms with Gasteiger partial charge >= 0.3 is 0 Å². The van der Waals surface area contributed by atoms with Crippen LogP contribution in [0.15, 0.2) is 30.7 Å². The summed E-state index contributed by atoms with van der Waals surface area (Å²) in [5, 5.41) is 0.101. The highest BCUT2D eigenvalue weighted by Gasteiger charge is 2.39. The first kappa shape index (κ1) is 14.8. The lowest BCUT2D eigenvalue weighted by Crippen LogP contribution is -2.43. The highest BCUT2D eigenvalue weighted by molar-refractivity contribution is 6.74. The molecule has 0 aliphatic rings. The SMILES string of the molecule is CC(C)(C)[Si](C)(C)Oc1cn(-c2cc[c]cc2F)cn1. The van der Waals surface area contributed by atoms with Gasteiger partial charge in [-0.3, -0.25) is 4.57 Å². The molecular formula is C15H20FN2OSi. The van der Waals surface area contributed by atoms with Crippen LogP contribution in [0.4, 0.5) is 4.39 Å². The number of hydrogen-bond acceptors (Lipinski definition) is 2. The molecule has 20 heavy (non-hydrogen) atoms. The second kappa shape index (κ2) is 5.05. The van der Waals surface area contributed by atoms with Gasteiger partial charge < -0.3 is 4.43 Å². The van der Waals surface area contributed by atoms with Crippen molar-refractivity contribution in [3.63, 3.8) is 0 Å². The molecule has 1 aromatic carbocycles. The summed E-state index contributed by atoms with van der Waals surface area (Å²) < 4.78 is 21.4. The molecule has 1 radical (unpaired) electrons. The average molecular weight is 291 g/mol. The predicted molar refractivity (Wildman–Crippen MR) is 80.2 cm³/mol. The van der Waals surface area contributed by atoms with Gasteiger partial charge in [-0.15, -0.1) is 0 Å². The zero-order valence-corrected chi connectivity index (χ0v) is 13.6. The molecule has 0 fully saturated rings. The first-order chi connectivity index (χ1) is 9.21. The molecule has 2 rings (SSSR count). The number of nitrogens with zero attached hydrogens (tertiary/aromatic N) is 2. The van der Waals surface area contributed by atoms with Crippen LogP contribution in [0, 0.1) is 11.9 Å². The maximum atomic E-state index is 13.7. The van der Waals surface area contributed by atoms with Crippen molar-refractivity contribution < 1.29 is 8.82 Å². The van der Waals surface area contributed by atoms with Crippen molar-refractivity contribution in [2.45, 2.75) is 38.9 Å². The first-order valence-electron chi connectivity index (χ1n) is 6.60. The molecule has 0 saturated heterocycles. The van der Waals surface area contributed by atoms with Crippen LogP contribution in [0.25, 0.3) is 5.69 Å². The van der Waals surface area contributed by atoms with E-state index in [9.17, 15) is 4.39 Å². The highest BCUT2D eigenvalue weighted by Crippen LogP contribution is 2.37. The number of halogens is 1. The second-order valence-electron chi connectivity index (χ2n) is 6.36. The van der Waals surface area contributed by atoms with E-state index >= 15 is 0 Å². The molecule has 0 amide bonds. The van der Waals surface area contributed by atoms with E-state index < -0.39 is 8.32 Å². The zero-order valence-electron chi connectivity index (χ0n) is 12.6. The number of rotatable bonds is 3. The topological polar surface area (TPSA) is 27.1 Å². The van der Waals surface area contributed by atoms with Crippen molar-refractivity contribution in [2.24, 2.45) is 0 Å². The summed E-state index contributed by atoms with van der Waals surface area (Å²) in [5.41, 5.74) is 0.446. The Morgan fingerprint density at radius 3 is 2.65 bits per heavy atom. The highest BCUT2D eigenvalue weighted by atomic mass is 28.4. The minimum atomic E-state index is -1.92. The van der Waals surface area contributed by atoms with Crippen LogP contribution in [0.5, 0.6) is 5.88 Å². The summed E-state index contributed by atoms with van der Waals surface area (Å²) in [6.45, 7) is 10.8. The second-order valence-corrected chi connectivity index (χ2v) is 11.1. The van der Waals surface area contributed by atoms with Crippen molar-refractivity contribution >= 4 is 8.32 Å². The molecule has 3 nitrogen and oxygen atoms in total. The molecule has 0 aliphatic carbocycles. The van der Waals surface area contributed by atoms with Crippen LogP contribution in [0.3, 0.4) is 0 Å². The summed E-state index contributed by atoms with van der Waals surface area (Å²) in [7, 11) is -1.92. The fourth-order valence-corrected chi connectivity index (χ4v) is 2.45. The lowest BCUT2D eigenvalue weighted by Gasteiger charge is -2.35. The molecule has 5 heteroatoms. The average Bonchev–Trinajstić information content (AvgIpc) is 2.75. The van der Waals surface area contributed by atoms with Crippen molar-refractivity contribution in [3.05, 3.63) is 42.6 Å². The van der Waals surface area contributed by atoms with Crippen molar-refractivity contribution in [3.8, 4) is 11.6 Å². The van der Waals surface area contributed by atoms with E-state index in [-0.39, 0.29) is 10.9 Å². The van der Waals surface area contributed by atoms with Gasteiger partial charge in [-0.1, -0.05) is 26.8 Å². The lowest BCUT2D eigenvalue weighted by atomic mass is 10.2. The molecule has 0 aliphatic heterocycles. The van der Waals surface area contributed by atoms with Gasteiger partial charge in [-0.2, -0.15) is 0 Å². The van der Waals surface area contributed by atoms with Gasteiger partial charge in [0.25, 0.3) is 8.32 Å². The van der Waals surface area contributed by atoms with Crippen molar-refractivity contribution in [1.29, 1.82) is 0 Å². The molecule has 0 atom stereocenters. The molecule has 107 valence electrons. The molecule has 0 saturated carbocycles. The third-order valence-corrected chi connectivity index (χ3v) is 8.13. The van der Waals surface area contributed by atoms with Crippen LogP contribution < -0.4 is 4.43 Å². The van der Waals surface area contributed by atoms with Gasteiger partial charge in [-0.05, 0) is 36.3 Å². The van der Waals surface area contributed by atoms with E-state index in [0.717, 1.165) is 0 Å². The summed E-state index contributed by atoms with van der Waals surface area (Å²) in [5.74, 6) is 0.215. The number of aromatic nitrogens is 2. The van der Waals surface area contributed by atoms with E-state index in [1.165, 1.54) is 6.07 Å². The summed E-state index contributed by atoms with van der Waals surface area (Å²) in [6.07, 6.45) is 3.29. The van der Waals surface area contributed by atoms with E-state index in [1.54, 1.807) is 29.2 Å². The summed E-state index contributed by atoms with van der Waals surface area (Å²) >= 11 is 0. The minimum Gasteiger partial charge on any atom is -0.530 e. The fourth-order valence-electron chi connectivity index (χ4n) is 1.51. The van der Waals surface area contributed by atoms with Gasteiger partial charge in [0.05, 0.1) is 11.9 Å². The number of hydrogen-bond donors (Lipinski definition) is 0. The lowest BCUT2D eigenvalue weighted by molar-refractivity contribution is 0.478. The van der Waals surface area contributed by atoms with Gasteiger partial charge in [0.15, 0.2) is 0 Å². The van der Waals surface area contributed by atoms with Crippen LogP contribution in [-0.4, -0.2) is 17.9 Å². The molecule has 1 heterocycles. The Morgan fingerprint density at radius 2 is 2.05 bits per heavy atom. The minimum absolute atomic E-state index is 0.101. The van der Waals surface area contributed by atoms with Crippen LogP contribution in [-0.2, 0) is 0 Å².